The Morgan fingerprint density at radius 3 is 2.24 bits per heavy atom. The van der Waals surface area contributed by atoms with Crippen molar-refractivity contribution in [2.45, 2.75) is 31.4 Å². The third-order valence-corrected chi connectivity index (χ3v) is 7.25. The maximum Gasteiger partial charge on any atom is 0.409 e. The zero-order valence-electron chi connectivity index (χ0n) is 21.8. The van der Waals surface area contributed by atoms with Gasteiger partial charge in [-0.2, -0.15) is 5.26 Å². The Kier molecular flexibility index (Phi) is 8.05. The fourth-order valence-electron chi connectivity index (χ4n) is 5.38. The van der Waals surface area contributed by atoms with Gasteiger partial charge >= 0.3 is 6.09 Å². The van der Waals surface area contributed by atoms with Gasteiger partial charge in [-0.25, -0.2) is 13.6 Å². The first-order chi connectivity index (χ1) is 18.0. The number of nitrogens with zero attached hydrogens (tertiary/aromatic N) is 3. The summed E-state index contributed by atoms with van der Waals surface area (Å²) in [4.78, 5) is 16.1. The number of rotatable bonds is 7. The first-order valence-corrected chi connectivity index (χ1v) is 12.7. The van der Waals surface area contributed by atoms with Gasteiger partial charge in [-0.1, -0.05) is 35.9 Å². The van der Waals surface area contributed by atoms with Gasteiger partial charge in [0.15, 0.2) is 0 Å². The topological polar surface area (TPSA) is 56.6 Å². The lowest BCUT2D eigenvalue weighted by molar-refractivity contribution is -0.0471. The van der Waals surface area contributed by atoms with E-state index in [4.69, 9.17) is 16.3 Å². The van der Waals surface area contributed by atoms with Gasteiger partial charge in [-0.05, 0) is 72.9 Å². The van der Waals surface area contributed by atoms with Crippen molar-refractivity contribution < 1.29 is 18.3 Å². The third-order valence-electron chi connectivity index (χ3n) is 7.00. The van der Waals surface area contributed by atoms with Gasteiger partial charge in [-0.15, -0.1) is 0 Å². The first-order valence-electron chi connectivity index (χ1n) is 12.3. The van der Waals surface area contributed by atoms with E-state index >= 15 is 0 Å². The van der Waals surface area contributed by atoms with E-state index in [0.717, 1.165) is 17.2 Å². The molecule has 1 aliphatic rings. The Morgan fingerprint density at radius 1 is 1.03 bits per heavy atom. The molecule has 38 heavy (non-hydrogen) atoms. The van der Waals surface area contributed by atoms with Crippen LogP contribution in [0.3, 0.4) is 0 Å². The van der Waals surface area contributed by atoms with Crippen molar-refractivity contribution in [1.29, 1.82) is 5.26 Å². The van der Waals surface area contributed by atoms with Crippen molar-refractivity contribution in [3.63, 3.8) is 0 Å². The third kappa shape index (κ3) is 5.98. The van der Waals surface area contributed by atoms with E-state index in [2.05, 4.69) is 11.0 Å². The van der Waals surface area contributed by atoms with Crippen LogP contribution in [-0.4, -0.2) is 48.7 Å². The smallest absolute Gasteiger partial charge is 0.409 e. The minimum absolute atomic E-state index is 0.0601. The lowest BCUT2D eigenvalue weighted by Gasteiger charge is -2.51. The maximum atomic E-state index is 14.3. The Hall–Kier alpha value is -3.47. The molecule has 3 aromatic carbocycles. The van der Waals surface area contributed by atoms with E-state index < -0.39 is 29.2 Å². The number of ether oxygens (including phenoxy) is 1. The van der Waals surface area contributed by atoms with Gasteiger partial charge in [0.2, 0.25) is 0 Å². The molecular weight excluding hydrogens is 508 g/mol. The van der Waals surface area contributed by atoms with Crippen LogP contribution in [0.25, 0.3) is 0 Å². The Labute approximate surface area is 227 Å². The summed E-state index contributed by atoms with van der Waals surface area (Å²) >= 11 is 6.15. The molecule has 0 aromatic heterocycles. The maximum absolute atomic E-state index is 14.3. The number of carbonyl (C=O) groups is 1. The molecule has 1 heterocycles. The van der Waals surface area contributed by atoms with Gasteiger partial charge < -0.3 is 9.64 Å². The zero-order chi connectivity index (χ0) is 27.6. The van der Waals surface area contributed by atoms with Crippen LogP contribution < -0.4 is 0 Å². The minimum atomic E-state index is -1.05. The lowest BCUT2D eigenvalue weighted by atomic mass is 9.71. The predicted octanol–water partition coefficient (Wildman–Crippen LogP) is 6.77. The van der Waals surface area contributed by atoms with Crippen LogP contribution >= 0.6 is 11.6 Å². The molecule has 1 unspecified atom stereocenters. The first kappa shape index (κ1) is 27.6. The summed E-state index contributed by atoms with van der Waals surface area (Å²) in [6, 6.07) is 20.6. The number of carbonyl (C=O) groups excluding carboxylic acids is 1. The van der Waals surface area contributed by atoms with Crippen molar-refractivity contribution in [2.24, 2.45) is 5.92 Å². The quantitative estimate of drug-likeness (QED) is 0.334. The molecular formula is C30H30ClF2N3O2. The molecule has 3 aromatic rings. The fourth-order valence-corrected chi connectivity index (χ4v) is 5.51. The monoisotopic (exact) mass is 537 g/mol. The molecule has 0 bridgehead atoms. The number of hydrogen-bond donors (Lipinski definition) is 0. The molecule has 0 saturated carbocycles. The molecule has 1 amide bonds. The van der Waals surface area contributed by atoms with Gasteiger partial charge in [0, 0.05) is 44.2 Å². The summed E-state index contributed by atoms with van der Waals surface area (Å²) in [5.41, 5.74) is 1.92. The highest BCUT2D eigenvalue weighted by Gasteiger charge is 2.47. The summed E-state index contributed by atoms with van der Waals surface area (Å²) in [5, 5.41) is 10.1. The molecule has 0 aliphatic carbocycles. The summed E-state index contributed by atoms with van der Waals surface area (Å²) < 4.78 is 34.4. The second-order valence-corrected chi connectivity index (χ2v) is 10.9. The number of amides is 1. The molecule has 4 rings (SSSR count). The van der Waals surface area contributed by atoms with E-state index in [1.807, 2.05) is 42.5 Å². The molecule has 0 N–H and O–H groups in total. The van der Waals surface area contributed by atoms with Crippen LogP contribution in [0.15, 0.2) is 66.7 Å². The predicted molar refractivity (Wildman–Crippen MR) is 143 cm³/mol. The normalized spacial score (nSPS) is 15.7. The molecule has 2 atom stereocenters. The van der Waals surface area contributed by atoms with Crippen LogP contribution in [0.4, 0.5) is 13.6 Å². The average Bonchev–Trinajstić information content (AvgIpc) is 2.82. The average molecular weight is 538 g/mol. The van der Waals surface area contributed by atoms with E-state index in [-0.39, 0.29) is 12.0 Å². The highest BCUT2D eigenvalue weighted by molar-refractivity contribution is 6.30. The van der Waals surface area contributed by atoms with Gasteiger partial charge in [0.05, 0.1) is 17.7 Å². The van der Waals surface area contributed by atoms with Crippen LogP contribution in [0.2, 0.25) is 5.02 Å². The number of benzene rings is 3. The highest BCUT2D eigenvalue weighted by Crippen LogP contribution is 2.45. The van der Waals surface area contributed by atoms with Crippen molar-refractivity contribution in [3.05, 3.63) is 106 Å². The van der Waals surface area contributed by atoms with Crippen LogP contribution in [0, 0.1) is 28.9 Å². The van der Waals surface area contributed by atoms with E-state index in [1.54, 1.807) is 34.0 Å². The van der Waals surface area contributed by atoms with Crippen molar-refractivity contribution >= 4 is 17.7 Å². The number of likely N-dealkylation sites (tertiary alicyclic amines) is 1. The largest absolute Gasteiger partial charge is 0.443 e. The van der Waals surface area contributed by atoms with Crippen molar-refractivity contribution in [1.82, 2.24) is 9.80 Å². The molecule has 1 fully saturated rings. The number of halogens is 3. The summed E-state index contributed by atoms with van der Waals surface area (Å²) in [6.07, 6.45) is -0.527. The standard InChI is InChI=1S/C30H30ClF2N3O2/c1-30(2,38-29(37)35(3)4)27(22-13-25(32)15-26(33)14-22)23-17-36(18-23)28(20-8-10-24(31)11-9-20)21-7-5-6-19(12-21)16-34/h5-15,23,27-28H,17-18H2,1-4H3/t27-,28?/m1/s1. The molecule has 1 aliphatic heterocycles. The summed E-state index contributed by atoms with van der Waals surface area (Å²) in [6.45, 7) is 4.71. The molecule has 1 saturated heterocycles. The van der Waals surface area contributed by atoms with E-state index in [9.17, 15) is 18.8 Å². The minimum Gasteiger partial charge on any atom is -0.443 e. The second kappa shape index (κ2) is 11.1. The Balaban J connectivity index is 1.69. The van der Waals surface area contributed by atoms with Crippen LogP contribution in [-0.2, 0) is 4.74 Å². The summed E-state index contributed by atoms with van der Waals surface area (Å²) in [7, 11) is 3.18. The summed E-state index contributed by atoms with van der Waals surface area (Å²) in [5.74, 6) is -1.88. The SMILES string of the molecule is CN(C)C(=O)OC(C)(C)[C@H](c1cc(F)cc(F)c1)C1CN(C(c2ccc(Cl)cc2)c2cccc(C#N)c2)C1. The fraction of sp³-hybridized carbons (Fsp3) is 0.333. The molecule has 0 radical (unpaired) electrons. The van der Waals surface area contributed by atoms with Gasteiger partial charge in [-0.3, -0.25) is 4.90 Å². The van der Waals surface area contributed by atoms with Crippen molar-refractivity contribution in [3.8, 4) is 6.07 Å². The van der Waals surface area contributed by atoms with E-state index in [0.29, 0.717) is 29.2 Å². The van der Waals surface area contributed by atoms with Crippen molar-refractivity contribution in [2.75, 3.05) is 27.2 Å². The lowest BCUT2D eigenvalue weighted by Crippen LogP contribution is -2.55. The zero-order valence-corrected chi connectivity index (χ0v) is 22.5. The Bertz CT molecular complexity index is 1330. The van der Waals surface area contributed by atoms with Crippen LogP contribution in [0.1, 0.15) is 48.1 Å². The second-order valence-electron chi connectivity index (χ2n) is 10.5. The molecule has 8 heteroatoms. The van der Waals surface area contributed by atoms with Gasteiger partial charge in [0.25, 0.3) is 0 Å². The molecule has 0 spiro atoms. The highest BCUT2D eigenvalue weighted by atomic mass is 35.5. The molecule has 5 nitrogen and oxygen atoms in total. The van der Waals surface area contributed by atoms with Crippen LogP contribution in [0.5, 0.6) is 0 Å². The van der Waals surface area contributed by atoms with E-state index in [1.165, 1.54) is 17.0 Å². The number of hydrogen-bond acceptors (Lipinski definition) is 4. The Morgan fingerprint density at radius 2 is 1.66 bits per heavy atom. The van der Waals surface area contributed by atoms with Gasteiger partial charge in [0.1, 0.15) is 17.2 Å². The number of nitriles is 1. The molecule has 198 valence electrons.